The summed E-state index contributed by atoms with van der Waals surface area (Å²) in [6.07, 6.45) is 2.47. The van der Waals surface area contributed by atoms with Gasteiger partial charge in [-0.2, -0.15) is 0 Å². The van der Waals surface area contributed by atoms with Crippen LogP contribution in [-0.4, -0.2) is 67.1 Å². The molecular formula is C40H42N4O8S2. The number of esters is 1. The molecule has 282 valence electrons. The minimum atomic E-state index is -0.583. The van der Waals surface area contributed by atoms with Crippen molar-refractivity contribution in [2.45, 2.75) is 50.3 Å². The van der Waals surface area contributed by atoms with Crippen molar-refractivity contribution in [3.8, 4) is 11.5 Å². The van der Waals surface area contributed by atoms with Gasteiger partial charge in [0.1, 0.15) is 22.2 Å². The van der Waals surface area contributed by atoms with Crippen LogP contribution in [0.25, 0.3) is 6.08 Å². The number of fused-ring (bicyclic) bond motifs is 1. The van der Waals surface area contributed by atoms with E-state index in [2.05, 4.69) is 16.0 Å². The maximum absolute atomic E-state index is 13.8. The lowest BCUT2D eigenvalue weighted by Crippen LogP contribution is -2.34. The van der Waals surface area contributed by atoms with Crippen molar-refractivity contribution in [2.24, 2.45) is 0 Å². The van der Waals surface area contributed by atoms with E-state index < -0.39 is 23.0 Å². The van der Waals surface area contributed by atoms with Crippen LogP contribution in [0.1, 0.15) is 63.9 Å². The second-order valence-corrected chi connectivity index (χ2v) is 14.5. The second kappa shape index (κ2) is 18.4. The third-order valence-electron chi connectivity index (χ3n) is 8.52. The van der Waals surface area contributed by atoms with Gasteiger partial charge in [0.05, 0.1) is 38.2 Å². The number of anilines is 2. The van der Waals surface area contributed by atoms with E-state index in [1.165, 1.54) is 50.3 Å². The fraction of sp³-hybridized carbons (Fsp3) is 0.275. The van der Waals surface area contributed by atoms with Gasteiger partial charge in [0.15, 0.2) is 0 Å². The molecule has 4 amide bonds. The van der Waals surface area contributed by atoms with Crippen LogP contribution >= 0.6 is 23.1 Å². The van der Waals surface area contributed by atoms with Gasteiger partial charge in [-0.3, -0.25) is 19.2 Å². The van der Waals surface area contributed by atoms with E-state index in [4.69, 9.17) is 14.2 Å². The van der Waals surface area contributed by atoms with Gasteiger partial charge >= 0.3 is 5.97 Å². The van der Waals surface area contributed by atoms with E-state index in [1.807, 2.05) is 13.0 Å². The first kappa shape index (κ1) is 39.6. The normalized spacial score (nSPS) is 12.9. The predicted octanol–water partition coefficient (Wildman–Crippen LogP) is 6.77. The Balaban J connectivity index is 1.35. The molecule has 0 radical (unpaired) electrons. The van der Waals surface area contributed by atoms with Crippen molar-refractivity contribution in [1.82, 2.24) is 10.2 Å². The van der Waals surface area contributed by atoms with Gasteiger partial charge in [-0.25, -0.2) is 4.79 Å². The molecule has 54 heavy (non-hydrogen) atoms. The molecule has 12 nitrogen and oxygen atoms in total. The van der Waals surface area contributed by atoms with Gasteiger partial charge in [0.25, 0.3) is 11.8 Å². The molecule has 1 aliphatic rings. The number of hydrogen-bond acceptors (Lipinski definition) is 10. The summed E-state index contributed by atoms with van der Waals surface area (Å²) in [4.78, 5) is 69.1. The minimum absolute atomic E-state index is 0.0290. The maximum atomic E-state index is 13.8. The Morgan fingerprint density at radius 3 is 2.41 bits per heavy atom. The van der Waals surface area contributed by atoms with Gasteiger partial charge < -0.3 is 35.1 Å². The van der Waals surface area contributed by atoms with Gasteiger partial charge in [-0.15, -0.1) is 23.1 Å². The number of benzene rings is 3. The van der Waals surface area contributed by atoms with Crippen LogP contribution < -0.4 is 25.4 Å². The molecule has 0 saturated carbocycles. The van der Waals surface area contributed by atoms with Crippen LogP contribution in [0.3, 0.4) is 0 Å². The first-order valence-corrected chi connectivity index (χ1v) is 19.0. The van der Waals surface area contributed by atoms with Gasteiger partial charge in [0, 0.05) is 46.1 Å². The molecule has 0 aliphatic carbocycles. The lowest BCUT2D eigenvalue weighted by atomic mass is 10.0. The molecule has 0 spiro atoms. The van der Waals surface area contributed by atoms with Crippen LogP contribution in [0.5, 0.6) is 11.5 Å². The summed E-state index contributed by atoms with van der Waals surface area (Å²) in [7, 11) is 3.03. The summed E-state index contributed by atoms with van der Waals surface area (Å²) in [5.74, 6) is -0.922. The van der Waals surface area contributed by atoms with Crippen molar-refractivity contribution >= 4 is 69.5 Å². The number of hydrogen-bond donors (Lipinski definition) is 3. The van der Waals surface area contributed by atoms with Crippen molar-refractivity contribution < 1.29 is 38.2 Å². The molecule has 1 aliphatic heterocycles. The quantitative estimate of drug-likeness (QED) is 0.0717. The Bertz CT molecular complexity index is 2060. The third-order valence-corrected chi connectivity index (χ3v) is 11.0. The molecule has 1 atom stereocenters. The molecule has 1 aromatic heterocycles. The Morgan fingerprint density at radius 2 is 1.72 bits per heavy atom. The van der Waals surface area contributed by atoms with E-state index in [-0.39, 0.29) is 24.1 Å². The van der Waals surface area contributed by atoms with E-state index in [0.29, 0.717) is 69.7 Å². The third kappa shape index (κ3) is 9.68. The molecule has 4 aromatic rings. The summed E-state index contributed by atoms with van der Waals surface area (Å²) < 4.78 is 16.2. The number of methoxy groups -OCH3 is 2. The lowest BCUT2D eigenvalue weighted by molar-refractivity contribution is -0.129. The largest absolute Gasteiger partial charge is 0.497 e. The zero-order valence-corrected chi connectivity index (χ0v) is 32.3. The first-order valence-electron chi connectivity index (χ1n) is 17.3. The topological polar surface area (TPSA) is 152 Å². The highest BCUT2D eigenvalue weighted by molar-refractivity contribution is 8.00. The molecular weight excluding hydrogens is 729 g/mol. The number of thioether (sulfide) groups is 1. The highest BCUT2D eigenvalue weighted by atomic mass is 32.2. The zero-order valence-electron chi connectivity index (χ0n) is 30.6. The van der Waals surface area contributed by atoms with E-state index in [0.717, 1.165) is 10.4 Å². The lowest BCUT2D eigenvalue weighted by Gasteiger charge is -2.25. The van der Waals surface area contributed by atoms with Crippen molar-refractivity contribution in [1.29, 1.82) is 0 Å². The summed E-state index contributed by atoms with van der Waals surface area (Å²) in [5, 5.41) is 8.43. The fourth-order valence-electron chi connectivity index (χ4n) is 5.74. The number of rotatable bonds is 14. The average molecular weight is 771 g/mol. The molecule has 3 N–H and O–H groups in total. The Hall–Kier alpha value is -5.60. The van der Waals surface area contributed by atoms with Crippen molar-refractivity contribution in [3.63, 3.8) is 0 Å². The number of ether oxygens (including phenoxy) is 3. The zero-order chi connectivity index (χ0) is 38.8. The number of nitrogens with zero attached hydrogens (tertiary/aromatic N) is 1. The fourth-order valence-corrected chi connectivity index (χ4v) is 8.01. The SMILES string of the molecule is CCOC(=O)c1c(NC(=O)C(CC)Sc2cccc(NC(=O)/C(=C\c3ccc(OC)cc3OC)NC(=O)c3ccccc3)c2)sc2c1CCN(C(C)=O)C2. The standard InChI is InChI=1S/C40H42N4O8S2/c1-6-33(38(48)43-39-35(40(49)52-7-2)30-18-19-44(24(3)45)23-34(30)54-39)53-29-15-11-14-27(21-29)41-37(47)31(42-36(46)25-12-9-8-10-13-25)20-26-16-17-28(50-4)22-32(26)51-5/h8-17,20-22,33H,6-7,18-19,23H2,1-5H3,(H,41,47)(H,42,46)(H,43,48)/b31-20+. The summed E-state index contributed by atoms with van der Waals surface area (Å²) >= 11 is 2.59. The van der Waals surface area contributed by atoms with Gasteiger partial charge in [-0.05, 0) is 73.9 Å². The van der Waals surface area contributed by atoms with Crippen LogP contribution in [-0.2, 0) is 32.1 Å². The van der Waals surface area contributed by atoms with Crippen molar-refractivity contribution in [2.75, 3.05) is 38.0 Å². The Labute approximate surface area is 322 Å². The van der Waals surface area contributed by atoms with Crippen LogP contribution in [0.15, 0.2) is 83.4 Å². The van der Waals surface area contributed by atoms with Gasteiger partial charge in [0.2, 0.25) is 11.8 Å². The number of carbonyl (C=O) groups is 5. The van der Waals surface area contributed by atoms with E-state index in [9.17, 15) is 24.0 Å². The molecule has 0 fully saturated rings. The molecule has 2 heterocycles. The molecule has 1 unspecified atom stereocenters. The predicted molar refractivity (Wildman–Crippen MR) is 210 cm³/mol. The number of nitrogens with one attached hydrogen (secondary N) is 3. The molecule has 0 saturated heterocycles. The second-order valence-electron chi connectivity index (χ2n) is 12.1. The Morgan fingerprint density at radius 1 is 0.944 bits per heavy atom. The number of thiophene rings is 1. The van der Waals surface area contributed by atoms with Crippen molar-refractivity contribution in [3.05, 3.63) is 106 Å². The number of amides is 4. The molecule has 5 rings (SSSR count). The van der Waals surface area contributed by atoms with Crippen LogP contribution in [0.4, 0.5) is 10.7 Å². The smallest absolute Gasteiger partial charge is 0.341 e. The maximum Gasteiger partial charge on any atom is 0.341 e. The average Bonchev–Trinajstić information content (AvgIpc) is 3.54. The summed E-state index contributed by atoms with van der Waals surface area (Å²) in [6, 6.07) is 20.7. The molecule has 14 heteroatoms. The molecule has 0 bridgehead atoms. The van der Waals surface area contributed by atoms with Gasteiger partial charge in [-0.1, -0.05) is 31.2 Å². The highest BCUT2D eigenvalue weighted by Crippen LogP contribution is 2.39. The van der Waals surface area contributed by atoms with Crippen LogP contribution in [0.2, 0.25) is 0 Å². The summed E-state index contributed by atoms with van der Waals surface area (Å²) in [6.45, 7) is 6.15. The Kier molecular flexibility index (Phi) is 13.5. The van der Waals surface area contributed by atoms with E-state index >= 15 is 0 Å². The monoisotopic (exact) mass is 770 g/mol. The first-order chi connectivity index (χ1) is 26.0. The molecule has 3 aromatic carbocycles. The summed E-state index contributed by atoms with van der Waals surface area (Å²) in [5.41, 5.74) is 2.45. The minimum Gasteiger partial charge on any atom is -0.497 e. The van der Waals surface area contributed by atoms with Crippen LogP contribution in [0, 0.1) is 0 Å². The number of carbonyl (C=O) groups excluding carboxylic acids is 5. The highest BCUT2D eigenvalue weighted by Gasteiger charge is 2.31. The van der Waals surface area contributed by atoms with E-state index in [1.54, 1.807) is 78.6 Å².